The van der Waals surface area contributed by atoms with Crippen LogP contribution in [0.5, 0.6) is 0 Å². The smallest absolute Gasteiger partial charge is 0.387 e. The summed E-state index contributed by atoms with van der Waals surface area (Å²) in [4.78, 5) is 109. The predicted molar refractivity (Wildman–Crippen MR) is 123 cm³/mol. The van der Waals surface area contributed by atoms with E-state index in [4.69, 9.17) is 39.1 Å². The van der Waals surface area contributed by atoms with Crippen LogP contribution in [-0.2, 0) is 71.9 Å². The largest absolute Gasteiger partial charge is 0.481 e. The summed E-state index contributed by atoms with van der Waals surface area (Å²) >= 11 is 0. The van der Waals surface area contributed by atoms with Crippen LogP contribution in [-0.4, -0.2) is 106 Å². The molecule has 0 aromatic rings. The quantitative estimate of drug-likeness (QED) is 0.0694. The fourth-order valence-corrected chi connectivity index (χ4v) is 10.00. The van der Waals surface area contributed by atoms with Gasteiger partial charge in [-0.05, 0) is 0 Å². The Labute approximate surface area is 240 Å². The minimum atomic E-state index is -6.46. The molecule has 1 fully saturated rings. The summed E-state index contributed by atoms with van der Waals surface area (Å²) in [5.74, 6) is 0. The first-order valence-electron chi connectivity index (χ1n) is 9.51. The van der Waals surface area contributed by atoms with Crippen molar-refractivity contribution in [3.8, 4) is 0 Å². The second kappa shape index (κ2) is 14.4. The molecule has 1 saturated carbocycles. The third-order valence-electron chi connectivity index (χ3n) is 3.85. The molecule has 0 aromatic heterocycles. The van der Waals surface area contributed by atoms with Crippen LogP contribution in [0.15, 0.2) is 0 Å². The van der Waals surface area contributed by atoms with E-state index in [1.807, 2.05) is 0 Å². The van der Waals surface area contributed by atoms with Crippen molar-refractivity contribution in [1.29, 1.82) is 0 Å². The molecular formula is C6H20O30P8. The van der Waals surface area contributed by atoms with E-state index in [0.717, 1.165) is 0 Å². The van der Waals surface area contributed by atoms with Crippen molar-refractivity contribution >= 4 is 62.6 Å². The van der Waals surface area contributed by atoms with Crippen molar-refractivity contribution in [1.82, 2.24) is 0 Å². The van der Waals surface area contributed by atoms with Crippen LogP contribution in [0.1, 0.15) is 0 Å². The van der Waals surface area contributed by atoms with Crippen LogP contribution in [0.4, 0.5) is 0 Å². The normalized spacial score (nSPS) is 31.3. The number of aliphatic hydroxyl groups is 2. The highest BCUT2D eigenvalue weighted by Gasteiger charge is 2.61. The van der Waals surface area contributed by atoms with Gasteiger partial charge in [-0.15, -0.1) is 0 Å². The summed E-state index contributed by atoms with van der Waals surface area (Å²) in [6.45, 7) is 0. The number of hydrogen-bond acceptors (Lipinski definition) is 18. The van der Waals surface area contributed by atoms with Gasteiger partial charge in [0.05, 0.1) is 0 Å². The van der Waals surface area contributed by atoms with Gasteiger partial charge in [0.2, 0.25) is 0 Å². The number of aliphatic hydroxyl groups excluding tert-OH is 2. The summed E-state index contributed by atoms with van der Waals surface area (Å²) in [5, 5.41) is 21.1. The van der Waals surface area contributed by atoms with Gasteiger partial charge in [0, 0.05) is 0 Å². The maximum absolute atomic E-state index is 12.2. The molecule has 44 heavy (non-hydrogen) atoms. The number of hydrogen-bond donors (Lipinski definition) is 14. The molecule has 14 N–H and O–H groups in total. The van der Waals surface area contributed by atoms with Crippen molar-refractivity contribution in [3.63, 3.8) is 0 Å². The lowest BCUT2D eigenvalue weighted by atomic mass is 9.85. The fraction of sp³-hybridized carbons (Fsp3) is 1.00. The Morgan fingerprint density at radius 2 is 0.500 bits per heavy atom. The Balaban J connectivity index is 3.91. The topological polar surface area (TPSA) is 494 Å². The minimum absolute atomic E-state index is 3.24. The van der Waals surface area contributed by atoms with Gasteiger partial charge in [0.25, 0.3) is 0 Å². The average molecular weight is 820 g/mol. The lowest BCUT2D eigenvalue weighted by molar-refractivity contribution is -0.208. The maximum Gasteiger partial charge on any atom is 0.481 e. The van der Waals surface area contributed by atoms with Crippen molar-refractivity contribution in [2.24, 2.45) is 0 Å². The van der Waals surface area contributed by atoms with E-state index in [-0.39, 0.29) is 0 Å². The van der Waals surface area contributed by atoms with Crippen LogP contribution in [0, 0.1) is 0 Å². The molecule has 30 nitrogen and oxygen atoms in total. The lowest BCUT2D eigenvalue weighted by Crippen LogP contribution is -2.65. The summed E-state index contributed by atoms with van der Waals surface area (Å²) in [5.41, 5.74) is 0. The monoisotopic (exact) mass is 820 g/mol. The predicted octanol–water partition coefficient (Wildman–Crippen LogP) is -2.90. The van der Waals surface area contributed by atoms with Crippen LogP contribution in [0.3, 0.4) is 0 Å². The highest BCUT2D eigenvalue weighted by Crippen LogP contribution is 2.65. The average Bonchev–Trinajstić information content (AvgIpc) is 2.63. The molecular weight excluding hydrogens is 800 g/mol. The van der Waals surface area contributed by atoms with Crippen molar-refractivity contribution in [2.45, 2.75) is 36.6 Å². The van der Waals surface area contributed by atoms with Crippen LogP contribution in [0.2, 0.25) is 0 Å². The molecule has 1 aliphatic rings. The molecule has 8 unspecified atom stereocenters. The van der Waals surface area contributed by atoms with Crippen LogP contribution < -0.4 is 0 Å². The summed E-state index contributed by atoms with van der Waals surface area (Å²) in [6, 6.07) is 0. The zero-order valence-electron chi connectivity index (χ0n) is 19.8. The molecule has 0 saturated heterocycles. The summed E-state index contributed by atoms with van der Waals surface area (Å²) in [7, 11) is -50.0. The molecule has 38 heteroatoms. The summed E-state index contributed by atoms with van der Waals surface area (Å²) in [6.07, 6.45) is -20.1. The Morgan fingerprint density at radius 3 is 0.705 bits per heavy atom. The van der Waals surface area contributed by atoms with E-state index in [2.05, 4.69) is 35.3 Å². The Hall–Kier alpha value is 0.960. The van der Waals surface area contributed by atoms with Crippen LogP contribution in [0.25, 0.3) is 0 Å². The zero-order valence-corrected chi connectivity index (χ0v) is 27.0. The highest BCUT2D eigenvalue weighted by atomic mass is 31.3. The van der Waals surface area contributed by atoms with E-state index in [1.165, 1.54) is 0 Å². The summed E-state index contributed by atoms with van der Waals surface area (Å²) < 4.78 is 123. The van der Waals surface area contributed by atoms with Crippen LogP contribution >= 0.6 is 62.6 Å². The van der Waals surface area contributed by atoms with Gasteiger partial charge in [0.1, 0.15) is 36.6 Å². The molecule has 0 amide bonds. The molecule has 0 heterocycles. The van der Waals surface area contributed by atoms with E-state index in [0.29, 0.717) is 0 Å². The Morgan fingerprint density at radius 1 is 0.318 bits per heavy atom. The van der Waals surface area contributed by atoms with Crippen molar-refractivity contribution in [3.05, 3.63) is 0 Å². The number of rotatable bonds is 16. The first-order valence-corrected chi connectivity index (χ1v) is 21.6. The first-order chi connectivity index (χ1) is 19.0. The van der Waals surface area contributed by atoms with Crippen molar-refractivity contribution < 1.29 is 141 Å². The lowest BCUT2D eigenvalue weighted by Gasteiger charge is -2.46. The molecule has 0 bridgehead atoms. The second-order valence-electron chi connectivity index (χ2n) is 7.42. The first kappa shape index (κ1) is 43.0. The standard InChI is InChI=1S/C6H20O30P8/c7-1-3(29-41(21,22)33-37(9,10)11)2(8)5(31-43(25,26)35-39(15,16)17)6(32-44(27,28)36-40(18,19)20)4(1)30-42(23,24)34-38(12,13)14/h1-8H,(H,21,22)(H,23,24)(H,25,26)(H,27,28)(H2,9,10,11)(H2,12,13,14)(H2,15,16,17)(H2,18,19,20). The van der Waals surface area contributed by atoms with Gasteiger partial charge in [-0.25, -0.2) is 36.5 Å². The third-order valence-corrected chi connectivity index (χ3v) is 12.6. The van der Waals surface area contributed by atoms with Gasteiger partial charge in [-0.1, -0.05) is 0 Å². The molecule has 8 atom stereocenters. The SMILES string of the molecule is O=P(O)(O)OP(=O)(O)OC1C(O)C(OP(=O)(O)OP(=O)(O)O)C(OP(=O)(O)OP(=O)(O)O)C(OP(=O)(O)OP(=O)(O)O)C1O. The minimum Gasteiger partial charge on any atom is -0.387 e. The molecule has 0 radical (unpaired) electrons. The number of phosphoric acid groups is 8. The van der Waals surface area contributed by atoms with E-state index < -0.39 is 99.2 Å². The van der Waals surface area contributed by atoms with Gasteiger partial charge < -0.3 is 68.9 Å². The maximum atomic E-state index is 12.2. The molecule has 0 aromatic carbocycles. The second-order valence-corrected chi connectivity index (χ2v) is 18.6. The van der Waals surface area contributed by atoms with Crippen molar-refractivity contribution in [2.75, 3.05) is 0 Å². The fourth-order valence-electron chi connectivity index (χ4n) is 2.87. The Bertz CT molecular complexity index is 1350. The third kappa shape index (κ3) is 15.9. The Kier molecular flexibility index (Phi) is 14.1. The molecule has 1 aliphatic carbocycles. The van der Waals surface area contributed by atoms with E-state index in [9.17, 15) is 66.3 Å². The van der Waals surface area contributed by atoms with E-state index >= 15 is 0 Å². The molecule has 264 valence electrons. The van der Waals surface area contributed by atoms with E-state index in [1.54, 1.807) is 0 Å². The van der Waals surface area contributed by atoms with Gasteiger partial charge >= 0.3 is 62.6 Å². The molecule has 0 spiro atoms. The van der Waals surface area contributed by atoms with Gasteiger partial charge in [-0.3, -0.25) is 18.1 Å². The van der Waals surface area contributed by atoms with Gasteiger partial charge in [-0.2, -0.15) is 17.2 Å². The molecule has 0 aliphatic heterocycles. The zero-order chi connectivity index (χ0) is 35.1. The van der Waals surface area contributed by atoms with Gasteiger partial charge in [0.15, 0.2) is 0 Å². The number of phosphoric ester groups is 4. The molecule has 1 rings (SSSR count). The highest BCUT2D eigenvalue weighted by molar-refractivity contribution is 7.62.